The van der Waals surface area contributed by atoms with E-state index in [2.05, 4.69) is 49.3 Å². The summed E-state index contributed by atoms with van der Waals surface area (Å²) in [5, 5.41) is 3.21. The molecule has 3 aromatic rings. The maximum atomic E-state index is 13.0. The van der Waals surface area contributed by atoms with E-state index in [-0.39, 0.29) is 11.9 Å². The van der Waals surface area contributed by atoms with Gasteiger partial charge < -0.3 is 5.32 Å². The summed E-state index contributed by atoms with van der Waals surface area (Å²) in [6.07, 6.45) is -0.0978. The minimum Gasteiger partial charge on any atom is -0.349 e. The van der Waals surface area contributed by atoms with Gasteiger partial charge in [-0.05, 0) is 47.7 Å². The van der Waals surface area contributed by atoms with Crippen molar-refractivity contribution in [3.05, 3.63) is 101 Å². The van der Waals surface area contributed by atoms with Gasteiger partial charge in [-0.15, -0.1) is 0 Å². The van der Waals surface area contributed by atoms with Crippen LogP contribution in [-0.4, -0.2) is 70.9 Å². The van der Waals surface area contributed by atoms with Gasteiger partial charge in [-0.3, -0.25) is 24.5 Å². The highest BCUT2D eigenvalue weighted by Gasteiger charge is 2.31. The summed E-state index contributed by atoms with van der Waals surface area (Å²) in [6, 6.07) is 19.7. The molecule has 6 nitrogen and oxygen atoms in total. The van der Waals surface area contributed by atoms with Gasteiger partial charge in [0.15, 0.2) is 0 Å². The molecule has 1 N–H and O–H groups in total. The van der Waals surface area contributed by atoms with Gasteiger partial charge in [0.05, 0.1) is 5.56 Å². The lowest BCUT2D eigenvalue weighted by Gasteiger charge is -2.34. The molecule has 9 heteroatoms. The van der Waals surface area contributed by atoms with Crippen LogP contribution in [0.1, 0.15) is 45.5 Å². The van der Waals surface area contributed by atoms with Crippen LogP contribution in [0.2, 0.25) is 0 Å². The van der Waals surface area contributed by atoms with Crippen LogP contribution in [0.5, 0.6) is 0 Å². The third kappa shape index (κ3) is 7.90. The number of benzene rings is 2. The Morgan fingerprint density at radius 3 is 1.90 bits per heavy atom. The smallest absolute Gasteiger partial charge is 0.349 e. The molecule has 0 saturated carbocycles. The molecule has 0 spiro atoms. The van der Waals surface area contributed by atoms with Crippen molar-refractivity contribution < 1.29 is 18.0 Å². The van der Waals surface area contributed by atoms with E-state index in [9.17, 15) is 18.0 Å². The highest BCUT2D eigenvalue weighted by Crippen LogP contribution is 2.29. The van der Waals surface area contributed by atoms with Crippen molar-refractivity contribution in [2.75, 3.05) is 39.3 Å². The molecule has 3 heterocycles. The van der Waals surface area contributed by atoms with Crippen molar-refractivity contribution in [2.24, 2.45) is 0 Å². The van der Waals surface area contributed by atoms with Gasteiger partial charge in [-0.25, -0.2) is 0 Å². The van der Waals surface area contributed by atoms with E-state index in [1.165, 1.54) is 17.8 Å². The van der Waals surface area contributed by atoms with Crippen molar-refractivity contribution in [3.63, 3.8) is 0 Å². The van der Waals surface area contributed by atoms with E-state index < -0.39 is 11.7 Å². The molecular weight excluding hydrogens is 515 g/mol. The normalized spacial score (nSPS) is 18.1. The molecule has 1 aromatic heterocycles. The third-order valence-corrected chi connectivity index (χ3v) is 7.79. The predicted molar refractivity (Wildman–Crippen MR) is 148 cm³/mol. The number of alkyl halides is 3. The molecule has 0 aliphatic carbocycles. The van der Waals surface area contributed by atoms with Crippen LogP contribution in [-0.2, 0) is 25.8 Å². The topological polar surface area (TPSA) is 51.7 Å². The zero-order valence-corrected chi connectivity index (χ0v) is 22.6. The molecule has 212 valence electrons. The Kier molecular flexibility index (Phi) is 9.14. The molecule has 40 heavy (non-hydrogen) atoms. The van der Waals surface area contributed by atoms with Crippen molar-refractivity contribution in [1.29, 1.82) is 0 Å². The fraction of sp³-hybridized carbons (Fsp3) is 0.419. The lowest BCUT2D eigenvalue weighted by molar-refractivity contribution is -0.137. The maximum Gasteiger partial charge on any atom is 0.417 e. The summed E-state index contributed by atoms with van der Waals surface area (Å²) >= 11 is 0. The van der Waals surface area contributed by atoms with Gasteiger partial charge in [0.1, 0.15) is 0 Å². The molecule has 5 rings (SSSR count). The van der Waals surface area contributed by atoms with Crippen molar-refractivity contribution >= 4 is 5.91 Å². The molecule has 2 aliphatic heterocycles. The number of hydrogen-bond donors (Lipinski definition) is 1. The molecular formula is C31H36F3N5O. The summed E-state index contributed by atoms with van der Waals surface area (Å²) < 4.78 is 38.9. The van der Waals surface area contributed by atoms with Crippen LogP contribution in [0.4, 0.5) is 13.2 Å². The summed E-state index contributed by atoms with van der Waals surface area (Å²) in [4.78, 5) is 23.5. The fourth-order valence-corrected chi connectivity index (χ4v) is 5.46. The number of amides is 1. The van der Waals surface area contributed by atoms with Gasteiger partial charge >= 0.3 is 6.18 Å². The summed E-state index contributed by atoms with van der Waals surface area (Å²) in [5.41, 5.74) is 3.01. The highest BCUT2D eigenvalue weighted by atomic mass is 19.4. The maximum absolute atomic E-state index is 13.0. The molecule has 2 aromatic carbocycles. The van der Waals surface area contributed by atoms with E-state index >= 15 is 0 Å². The summed E-state index contributed by atoms with van der Waals surface area (Å²) in [5.74, 6) is -0.0224. The second-order valence-electron chi connectivity index (χ2n) is 10.8. The average molecular weight is 552 g/mol. The van der Waals surface area contributed by atoms with Crippen LogP contribution < -0.4 is 5.32 Å². The van der Waals surface area contributed by atoms with E-state index in [1.54, 1.807) is 0 Å². The number of hydrogen-bond acceptors (Lipinski definition) is 5. The van der Waals surface area contributed by atoms with Crippen LogP contribution >= 0.6 is 0 Å². The number of halogens is 3. The fourth-order valence-electron chi connectivity index (χ4n) is 5.46. The number of pyridine rings is 1. The van der Waals surface area contributed by atoms with E-state index in [0.29, 0.717) is 17.7 Å². The summed E-state index contributed by atoms with van der Waals surface area (Å²) in [7, 11) is 0. The lowest BCUT2D eigenvalue weighted by atomic mass is 10.0. The van der Waals surface area contributed by atoms with Gasteiger partial charge in [0, 0.05) is 82.9 Å². The first-order chi connectivity index (χ1) is 19.3. The van der Waals surface area contributed by atoms with Gasteiger partial charge in [0.25, 0.3) is 5.91 Å². The predicted octanol–water partition coefficient (Wildman–Crippen LogP) is 4.81. The zero-order valence-electron chi connectivity index (χ0n) is 22.6. The van der Waals surface area contributed by atoms with Crippen molar-refractivity contribution in [1.82, 2.24) is 25.0 Å². The Balaban J connectivity index is 1.03. The van der Waals surface area contributed by atoms with Gasteiger partial charge in [-0.1, -0.05) is 42.5 Å². The first kappa shape index (κ1) is 28.3. The monoisotopic (exact) mass is 551 g/mol. The number of likely N-dealkylation sites (tertiary alicyclic amines) is 1. The Morgan fingerprint density at radius 1 is 0.750 bits per heavy atom. The van der Waals surface area contributed by atoms with E-state index in [1.807, 2.05) is 30.3 Å². The van der Waals surface area contributed by atoms with Gasteiger partial charge in [0.2, 0.25) is 0 Å². The second-order valence-corrected chi connectivity index (χ2v) is 10.8. The number of piperazine rings is 1. The number of piperidine rings is 1. The Labute approximate surface area is 233 Å². The number of rotatable bonds is 8. The standard InChI is InChI=1S/C31H36F3N5O/c32-31(33,34)28-18-26(19-35-20-28)23-39-16-14-38(15-17-39)22-25-6-8-27(9-7-25)30(40)36-29-10-12-37(13-11-29)21-24-4-2-1-3-5-24/h1-9,18-20,29H,10-17,21-23H2,(H,36,40). The third-order valence-electron chi connectivity index (χ3n) is 7.79. The first-order valence-electron chi connectivity index (χ1n) is 13.9. The number of carbonyl (C=O) groups excluding carboxylic acids is 1. The highest BCUT2D eigenvalue weighted by molar-refractivity contribution is 5.94. The molecule has 0 bridgehead atoms. The molecule has 0 atom stereocenters. The van der Waals surface area contributed by atoms with Crippen LogP contribution in [0, 0.1) is 0 Å². The van der Waals surface area contributed by atoms with Gasteiger partial charge in [-0.2, -0.15) is 13.2 Å². The Hall–Kier alpha value is -3.27. The van der Waals surface area contributed by atoms with Crippen LogP contribution in [0.25, 0.3) is 0 Å². The quantitative estimate of drug-likeness (QED) is 0.436. The molecule has 0 radical (unpaired) electrons. The SMILES string of the molecule is O=C(NC1CCN(Cc2ccccc2)CC1)c1ccc(CN2CCN(Cc3cncc(C(F)(F)F)c3)CC2)cc1. The summed E-state index contributed by atoms with van der Waals surface area (Å²) in [6.45, 7) is 7.36. The number of carbonyl (C=O) groups is 1. The van der Waals surface area contributed by atoms with Crippen LogP contribution in [0.3, 0.4) is 0 Å². The van der Waals surface area contributed by atoms with E-state index in [4.69, 9.17) is 0 Å². The number of nitrogens with zero attached hydrogens (tertiary/aromatic N) is 4. The first-order valence-corrected chi connectivity index (χ1v) is 13.9. The number of aromatic nitrogens is 1. The largest absolute Gasteiger partial charge is 0.417 e. The lowest BCUT2D eigenvalue weighted by Crippen LogP contribution is -2.45. The molecule has 0 unspecified atom stereocenters. The zero-order chi connectivity index (χ0) is 28.0. The second kappa shape index (κ2) is 12.9. The van der Waals surface area contributed by atoms with E-state index in [0.717, 1.165) is 77.0 Å². The number of nitrogens with one attached hydrogen (secondary N) is 1. The minimum absolute atomic E-state index is 0.0224. The van der Waals surface area contributed by atoms with Crippen LogP contribution in [0.15, 0.2) is 73.1 Å². The minimum atomic E-state index is -4.38. The average Bonchev–Trinajstić information content (AvgIpc) is 2.96. The van der Waals surface area contributed by atoms with Crippen molar-refractivity contribution in [2.45, 2.75) is 44.7 Å². The molecule has 2 saturated heterocycles. The van der Waals surface area contributed by atoms with Crippen molar-refractivity contribution in [3.8, 4) is 0 Å². The molecule has 2 fully saturated rings. The molecule has 1 amide bonds. The Morgan fingerprint density at radius 2 is 1.30 bits per heavy atom. The molecule has 2 aliphatic rings. The Bertz CT molecular complexity index is 1240.